The molecule has 1 heterocycles. The van der Waals surface area contributed by atoms with Crippen molar-refractivity contribution in [3.63, 3.8) is 0 Å². The molecule has 116 valence electrons. The van der Waals surface area contributed by atoms with Crippen LogP contribution in [0.3, 0.4) is 0 Å². The lowest BCUT2D eigenvalue weighted by atomic mass is 10.1. The van der Waals surface area contributed by atoms with E-state index in [-0.39, 0.29) is 5.78 Å². The number of aromatic nitrogens is 2. The van der Waals surface area contributed by atoms with Crippen LogP contribution in [-0.4, -0.2) is 22.7 Å². The van der Waals surface area contributed by atoms with Crippen LogP contribution in [0.25, 0.3) is 11.3 Å². The number of rotatable bonds is 5. The van der Waals surface area contributed by atoms with Gasteiger partial charge in [0.15, 0.2) is 5.78 Å². The molecular weight excluding hydrogens is 288 g/mol. The van der Waals surface area contributed by atoms with Crippen molar-refractivity contribution < 1.29 is 9.53 Å². The van der Waals surface area contributed by atoms with Gasteiger partial charge in [-0.1, -0.05) is 42.5 Å². The molecule has 0 aliphatic rings. The second-order valence-corrected chi connectivity index (χ2v) is 5.33. The van der Waals surface area contributed by atoms with Gasteiger partial charge in [0, 0.05) is 5.56 Å². The highest BCUT2D eigenvalue weighted by molar-refractivity contribution is 5.99. The van der Waals surface area contributed by atoms with E-state index >= 15 is 0 Å². The first-order chi connectivity index (χ1) is 11.2. The minimum atomic E-state index is 0.0184. The summed E-state index contributed by atoms with van der Waals surface area (Å²) in [6.45, 7) is 2.17. The summed E-state index contributed by atoms with van der Waals surface area (Å²) in [5, 5.41) is 4.42. The predicted molar refractivity (Wildman–Crippen MR) is 89.8 cm³/mol. The van der Waals surface area contributed by atoms with Crippen molar-refractivity contribution in [2.75, 3.05) is 7.11 Å². The Bertz CT molecular complexity index is 805. The van der Waals surface area contributed by atoms with Crippen LogP contribution in [0, 0.1) is 0 Å². The molecule has 0 saturated heterocycles. The third kappa shape index (κ3) is 3.16. The zero-order chi connectivity index (χ0) is 16.2. The van der Waals surface area contributed by atoms with Gasteiger partial charge in [-0.2, -0.15) is 5.10 Å². The number of ether oxygens (including phenoxy) is 1. The molecule has 23 heavy (non-hydrogen) atoms. The van der Waals surface area contributed by atoms with Crippen LogP contribution in [0.1, 0.15) is 22.8 Å². The van der Waals surface area contributed by atoms with Gasteiger partial charge < -0.3 is 4.74 Å². The molecule has 2 aromatic carbocycles. The van der Waals surface area contributed by atoms with Crippen LogP contribution >= 0.6 is 0 Å². The topological polar surface area (TPSA) is 44.1 Å². The summed E-state index contributed by atoms with van der Waals surface area (Å²) in [6.07, 6.45) is 1.65. The van der Waals surface area contributed by atoms with E-state index in [1.165, 1.54) is 0 Å². The third-order valence-electron chi connectivity index (χ3n) is 3.76. The van der Waals surface area contributed by atoms with Crippen LogP contribution < -0.4 is 4.74 Å². The predicted octanol–water partition coefficient (Wildman–Crippen LogP) is 3.81. The van der Waals surface area contributed by atoms with Gasteiger partial charge in [0.2, 0.25) is 0 Å². The summed E-state index contributed by atoms with van der Waals surface area (Å²) < 4.78 is 7.05. The first-order valence-electron chi connectivity index (χ1n) is 7.44. The van der Waals surface area contributed by atoms with Crippen LogP contribution in [0.4, 0.5) is 0 Å². The Morgan fingerprint density at radius 3 is 2.39 bits per heavy atom. The molecule has 0 atom stereocenters. The van der Waals surface area contributed by atoms with Crippen molar-refractivity contribution in [2.24, 2.45) is 0 Å². The zero-order valence-corrected chi connectivity index (χ0v) is 13.2. The Hall–Kier alpha value is -2.88. The summed E-state index contributed by atoms with van der Waals surface area (Å²) in [7, 11) is 1.65. The highest BCUT2D eigenvalue weighted by atomic mass is 16.5. The van der Waals surface area contributed by atoms with E-state index in [0.29, 0.717) is 12.1 Å². The monoisotopic (exact) mass is 306 g/mol. The van der Waals surface area contributed by atoms with Crippen LogP contribution in [0.2, 0.25) is 0 Å². The van der Waals surface area contributed by atoms with Gasteiger partial charge in [-0.3, -0.25) is 9.48 Å². The minimum Gasteiger partial charge on any atom is -0.497 e. The second-order valence-electron chi connectivity index (χ2n) is 5.33. The number of carbonyl (C=O) groups excluding carboxylic acids is 1. The number of hydrogen-bond acceptors (Lipinski definition) is 3. The third-order valence-corrected chi connectivity index (χ3v) is 3.76. The maximum absolute atomic E-state index is 11.9. The molecule has 0 aliphatic heterocycles. The van der Waals surface area contributed by atoms with Crippen LogP contribution in [-0.2, 0) is 6.54 Å². The van der Waals surface area contributed by atoms with Gasteiger partial charge in [-0.15, -0.1) is 0 Å². The van der Waals surface area contributed by atoms with E-state index in [2.05, 4.69) is 5.10 Å². The smallest absolute Gasteiger partial charge is 0.163 e. The van der Waals surface area contributed by atoms with Gasteiger partial charge in [0.05, 0.1) is 31.1 Å². The highest BCUT2D eigenvalue weighted by Gasteiger charge is 2.16. The van der Waals surface area contributed by atoms with E-state index in [1.807, 2.05) is 59.3 Å². The average molecular weight is 306 g/mol. The van der Waals surface area contributed by atoms with Crippen molar-refractivity contribution in [2.45, 2.75) is 13.5 Å². The van der Waals surface area contributed by atoms with Gasteiger partial charge in [-0.05, 0) is 24.6 Å². The van der Waals surface area contributed by atoms with Crippen molar-refractivity contribution in [1.29, 1.82) is 0 Å². The molecule has 0 unspecified atom stereocenters. The van der Waals surface area contributed by atoms with Gasteiger partial charge in [-0.25, -0.2) is 0 Å². The maximum Gasteiger partial charge on any atom is 0.163 e. The summed E-state index contributed by atoms with van der Waals surface area (Å²) in [6, 6.07) is 17.7. The number of methoxy groups -OCH3 is 1. The normalized spacial score (nSPS) is 10.5. The summed E-state index contributed by atoms with van der Waals surface area (Å²) in [4.78, 5) is 11.9. The molecule has 0 spiro atoms. The second kappa shape index (κ2) is 6.48. The Morgan fingerprint density at radius 1 is 1.09 bits per heavy atom. The van der Waals surface area contributed by atoms with Crippen molar-refractivity contribution in [3.8, 4) is 17.0 Å². The maximum atomic E-state index is 11.9. The number of Topliss-reactive ketones (excluding diaryl/α,β-unsaturated/α-hetero) is 1. The Labute approximate surface area is 135 Å². The first kappa shape index (κ1) is 15.0. The molecule has 4 nitrogen and oxygen atoms in total. The van der Waals surface area contributed by atoms with Crippen molar-refractivity contribution in [1.82, 2.24) is 9.78 Å². The van der Waals surface area contributed by atoms with Gasteiger partial charge >= 0.3 is 0 Å². The molecule has 0 radical (unpaired) electrons. The van der Waals surface area contributed by atoms with Crippen molar-refractivity contribution >= 4 is 5.78 Å². The molecular formula is C19H18N2O2. The lowest BCUT2D eigenvalue weighted by molar-refractivity contribution is 0.101. The molecule has 0 aliphatic carbocycles. The Morgan fingerprint density at radius 2 is 1.78 bits per heavy atom. The lowest BCUT2D eigenvalue weighted by Gasteiger charge is -2.10. The quantitative estimate of drug-likeness (QED) is 0.673. The standard InChI is InChI=1S/C19H18N2O2/c1-14(22)18-12-20-21(19(18)16-6-4-3-5-7-16)13-15-8-10-17(23-2)11-9-15/h3-12H,13H2,1-2H3. The summed E-state index contributed by atoms with van der Waals surface area (Å²) in [5.41, 5.74) is 3.59. The van der Waals surface area contributed by atoms with E-state index in [4.69, 9.17) is 4.74 Å². The van der Waals surface area contributed by atoms with E-state index < -0.39 is 0 Å². The van der Waals surface area contributed by atoms with Crippen LogP contribution in [0.5, 0.6) is 5.75 Å². The Kier molecular flexibility index (Phi) is 4.24. The average Bonchev–Trinajstić information content (AvgIpc) is 3.00. The van der Waals surface area contributed by atoms with Gasteiger partial charge in [0.25, 0.3) is 0 Å². The highest BCUT2D eigenvalue weighted by Crippen LogP contribution is 2.25. The molecule has 3 aromatic rings. The number of hydrogen-bond donors (Lipinski definition) is 0. The molecule has 0 bridgehead atoms. The molecule has 0 N–H and O–H groups in total. The fourth-order valence-corrected chi connectivity index (χ4v) is 2.57. The Balaban J connectivity index is 2.00. The molecule has 0 fully saturated rings. The molecule has 3 rings (SSSR count). The number of benzene rings is 2. The molecule has 4 heteroatoms. The SMILES string of the molecule is COc1ccc(Cn2ncc(C(C)=O)c2-c2ccccc2)cc1. The molecule has 1 aromatic heterocycles. The van der Waals surface area contributed by atoms with E-state index in [9.17, 15) is 4.79 Å². The van der Waals surface area contributed by atoms with Gasteiger partial charge in [0.1, 0.15) is 5.75 Å². The molecule has 0 saturated carbocycles. The fraction of sp³-hybridized carbons (Fsp3) is 0.158. The lowest BCUT2D eigenvalue weighted by Crippen LogP contribution is -2.05. The zero-order valence-electron chi connectivity index (χ0n) is 13.2. The van der Waals surface area contributed by atoms with Crippen molar-refractivity contribution in [3.05, 3.63) is 71.9 Å². The van der Waals surface area contributed by atoms with Crippen LogP contribution in [0.15, 0.2) is 60.8 Å². The van der Waals surface area contributed by atoms with E-state index in [0.717, 1.165) is 22.6 Å². The number of ketones is 1. The number of nitrogens with zero attached hydrogens (tertiary/aromatic N) is 2. The number of carbonyl (C=O) groups is 1. The fourth-order valence-electron chi connectivity index (χ4n) is 2.57. The largest absolute Gasteiger partial charge is 0.497 e. The summed E-state index contributed by atoms with van der Waals surface area (Å²) in [5.74, 6) is 0.840. The minimum absolute atomic E-state index is 0.0184. The molecule has 0 amide bonds. The summed E-state index contributed by atoms with van der Waals surface area (Å²) >= 11 is 0. The van der Waals surface area contributed by atoms with E-state index in [1.54, 1.807) is 20.2 Å². The first-order valence-corrected chi connectivity index (χ1v) is 7.44.